The van der Waals surface area contributed by atoms with Gasteiger partial charge in [0.2, 0.25) is 0 Å². The van der Waals surface area contributed by atoms with E-state index in [2.05, 4.69) is 27.5 Å². The normalized spacial score (nSPS) is 20.9. The lowest BCUT2D eigenvalue weighted by molar-refractivity contribution is 0.599. The zero-order valence-corrected chi connectivity index (χ0v) is 16.1. The van der Waals surface area contributed by atoms with Gasteiger partial charge in [0, 0.05) is 24.2 Å². The maximum Gasteiger partial charge on any atom is 0.191 e. The molecule has 1 aromatic heterocycles. The van der Waals surface area contributed by atoms with Gasteiger partial charge in [-0.1, -0.05) is 6.92 Å². The van der Waals surface area contributed by atoms with Gasteiger partial charge in [0.15, 0.2) is 15.8 Å². The Hall–Kier alpha value is -0.420. The van der Waals surface area contributed by atoms with Crippen LogP contribution in [0.4, 0.5) is 0 Å². The van der Waals surface area contributed by atoms with E-state index in [-0.39, 0.29) is 41.5 Å². The molecule has 0 radical (unpaired) electrons. The van der Waals surface area contributed by atoms with Crippen molar-refractivity contribution in [3.63, 3.8) is 0 Å². The minimum Gasteiger partial charge on any atom is -0.353 e. The fourth-order valence-corrected chi connectivity index (χ4v) is 4.52. The van der Waals surface area contributed by atoms with Gasteiger partial charge in [-0.3, -0.25) is 4.99 Å². The quantitative estimate of drug-likeness (QED) is 0.414. The van der Waals surface area contributed by atoms with Crippen molar-refractivity contribution < 1.29 is 8.42 Å². The minimum absolute atomic E-state index is 0. The summed E-state index contributed by atoms with van der Waals surface area (Å²) in [6, 6.07) is -0.0475. The molecular formula is C12H21IN4O2S2. The third-order valence-electron chi connectivity index (χ3n) is 3.15. The Morgan fingerprint density at radius 3 is 2.86 bits per heavy atom. The zero-order chi connectivity index (χ0) is 14.6. The number of nitrogens with zero attached hydrogens (tertiary/aromatic N) is 2. The van der Waals surface area contributed by atoms with Gasteiger partial charge in [0.1, 0.15) is 5.01 Å². The Balaban J connectivity index is 0.00000220. The molecule has 1 aromatic rings. The van der Waals surface area contributed by atoms with E-state index in [4.69, 9.17) is 0 Å². The molecule has 1 fully saturated rings. The molecule has 1 aliphatic heterocycles. The van der Waals surface area contributed by atoms with E-state index in [9.17, 15) is 8.42 Å². The SMILES string of the molecule is CCc1cnc(CNC(=NC)NC2CCS(=O)(=O)C2)s1.I. The van der Waals surface area contributed by atoms with Crippen molar-refractivity contribution >= 4 is 51.1 Å². The second kappa shape index (κ2) is 8.28. The molecule has 9 heteroatoms. The third-order valence-corrected chi connectivity index (χ3v) is 6.06. The highest BCUT2D eigenvalue weighted by atomic mass is 127. The molecule has 0 saturated carbocycles. The number of halogens is 1. The van der Waals surface area contributed by atoms with Crippen molar-refractivity contribution in [2.24, 2.45) is 4.99 Å². The molecule has 2 heterocycles. The van der Waals surface area contributed by atoms with Gasteiger partial charge in [-0.2, -0.15) is 0 Å². The Bertz CT molecular complexity index is 586. The standard InChI is InChI=1S/C12H20N4O2S2.HI/c1-3-10-6-14-11(19-10)7-15-12(13-2)16-9-4-5-20(17,18)8-9;/h6,9H,3-5,7-8H2,1-2H3,(H2,13,15,16);1H. The van der Waals surface area contributed by atoms with E-state index in [1.807, 2.05) is 6.20 Å². The van der Waals surface area contributed by atoms with E-state index in [0.29, 0.717) is 18.9 Å². The van der Waals surface area contributed by atoms with Crippen LogP contribution in [-0.2, 0) is 22.8 Å². The summed E-state index contributed by atoms with van der Waals surface area (Å²) in [5.74, 6) is 1.07. The smallest absolute Gasteiger partial charge is 0.191 e. The number of hydrogen-bond donors (Lipinski definition) is 2. The monoisotopic (exact) mass is 444 g/mol. The van der Waals surface area contributed by atoms with E-state index < -0.39 is 9.84 Å². The summed E-state index contributed by atoms with van der Waals surface area (Å²) in [6.45, 7) is 2.70. The molecule has 2 rings (SSSR count). The molecule has 1 saturated heterocycles. The first-order valence-electron chi connectivity index (χ1n) is 6.63. The maximum absolute atomic E-state index is 11.4. The molecule has 2 N–H and O–H groups in total. The van der Waals surface area contributed by atoms with Crippen LogP contribution >= 0.6 is 35.3 Å². The summed E-state index contributed by atoms with van der Waals surface area (Å²) in [4.78, 5) is 9.70. The predicted molar refractivity (Wildman–Crippen MR) is 97.3 cm³/mol. The minimum atomic E-state index is -2.87. The molecule has 6 nitrogen and oxygen atoms in total. The van der Waals surface area contributed by atoms with Crippen molar-refractivity contribution in [3.8, 4) is 0 Å². The number of aliphatic imine (C=N–C) groups is 1. The largest absolute Gasteiger partial charge is 0.353 e. The van der Waals surface area contributed by atoms with Crippen molar-refractivity contribution in [1.29, 1.82) is 0 Å². The molecule has 0 spiro atoms. The summed E-state index contributed by atoms with van der Waals surface area (Å²) in [5, 5.41) is 7.32. The summed E-state index contributed by atoms with van der Waals surface area (Å²) in [6.07, 6.45) is 3.52. The van der Waals surface area contributed by atoms with Gasteiger partial charge in [-0.25, -0.2) is 13.4 Å². The van der Waals surface area contributed by atoms with Crippen molar-refractivity contribution in [2.45, 2.75) is 32.4 Å². The van der Waals surface area contributed by atoms with Gasteiger partial charge in [0.05, 0.1) is 18.1 Å². The van der Waals surface area contributed by atoms with Crippen LogP contribution in [-0.4, -0.2) is 44.0 Å². The summed E-state index contributed by atoms with van der Waals surface area (Å²) < 4.78 is 22.8. The highest BCUT2D eigenvalue weighted by molar-refractivity contribution is 14.0. The fraction of sp³-hybridized carbons (Fsp3) is 0.667. The van der Waals surface area contributed by atoms with Crippen LogP contribution < -0.4 is 10.6 Å². The highest BCUT2D eigenvalue weighted by Gasteiger charge is 2.28. The lowest BCUT2D eigenvalue weighted by atomic mass is 10.3. The Morgan fingerprint density at radius 1 is 1.57 bits per heavy atom. The van der Waals surface area contributed by atoms with Crippen LogP contribution in [0.3, 0.4) is 0 Å². The van der Waals surface area contributed by atoms with Gasteiger partial charge in [-0.15, -0.1) is 35.3 Å². The van der Waals surface area contributed by atoms with E-state index >= 15 is 0 Å². The van der Waals surface area contributed by atoms with Crippen LogP contribution in [0.1, 0.15) is 23.2 Å². The van der Waals surface area contributed by atoms with Gasteiger partial charge in [0.25, 0.3) is 0 Å². The maximum atomic E-state index is 11.4. The van der Waals surface area contributed by atoms with E-state index in [0.717, 1.165) is 11.4 Å². The number of nitrogens with one attached hydrogen (secondary N) is 2. The number of hydrogen-bond acceptors (Lipinski definition) is 5. The molecular weight excluding hydrogens is 423 g/mol. The van der Waals surface area contributed by atoms with Gasteiger partial charge >= 0.3 is 0 Å². The molecule has 1 aliphatic rings. The van der Waals surface area contributed by atoms with Crippen LogP contribution in [0.15, 0.2) is 11.2 Å². The Morgan fingerprint density at radius 2 is 2.33 bits per heavy atom. The number of aryl methyl sites for hydroxylation is 1. The van der Waals surface area contributed by atoms with Crippen LogP contribution in [0.5, 0.6) is 0 Å². The van der Waals surface area contributed by atoms with Gasteiger partial charge < -0.3 is 10.6 Å². The predicted octanol–water partition coefficient (Wildman–Crippen LogP) is 1.18. The molecule has 0 bridgehead atoms. The number of guanidine groups is 1. The zero-order valence-electron chi connectivity index (χ0n) is 12.1. The average molecular weight is 444 g/mol. The fourth-order valence-electron chi connectivity index (χ4n) is 2.05. The first-order chi connectivity index (χ1) is 9.52. The third kappa shape index (κ3) is 5.70. The number of sulfone groups is 1. The van der Waals surface area contributed by atoms with Crippen LogP contribution in [0, 0.1) is 0 Å². The lowest BCUT2D eigenvalue weighted by Crippen LogP contribution is -2.43. The molecule has 21 heavy (non-hydrogen) atoms. The summed E-state index contributed by atoms with van der Waals surface area (Å²) >= 11 is 1.68. The Kier molecular flexibility index (Phi) is 7.34. The second-order valence-corrected chi connectivity index (χ2v) is 8.17. The molecule has 1 atom stereocenters. The Labute approximate surface area is 146 Å². The summed E-state index contributed by atoms with van der Waals surface area (Å²) in [7, 11) is -1.19. The summed E-state index contributed by atoms with van der Waals surface area (Å²) in [5.41, 5.74) is 0. The molecule has 0 amide bonds. The molecule has 120 valence electrons. The van der Waals surface area contributed by atoms with E-state index in [1.165, 1.54) is 4.88 Å². The van der Waals surface area contributed by atoms with Crippen LogP contribution in [0.2, 0.25) is 0 Å². The average Bonchev–Trinajstić information content (AvgIpc) is 3.00. The van der Waals surface area contributed by atoms with E-state index in [1.54, 1.807) is 18.4 Å². The second-order valence-electron chi connectivity index (χ2n) is 4.74. The van der Waals surface area contributed by atoms with Crippen LogP contribution in [0.25, 0.3) is 0 Å². The first-order valence-corrected chi connectivity index (χ1v) is 9.27. The van der Waals surface area contributed by atoms with Crippen molar-refractivity contribution in [3.05, 3.63) is 16.1 Å². The topological polar surface area (TPSA) is 83.4 Å². The van der Waals surface area contributed by atoms with Gasteiger partial charge in [-0.05, 0) is 12.8 Å². The highest BCUT2D eigenvalue weighted by Crippen LogP contribution is 2.13. The molecule has 0 aromatic carbocycles. The van der Waals surface area contributed by atoms with Crippen molar-refractivity contribution in [2.75, 3.05) is 18.6 Å². The van der Waals surface area contributed by atoms with Crippen molar-refractivity contribution in [1.82, 2.24) is 15.6 Å². The number of aromatic nitrogens is 1. The first kappa shape index (κ1) is 18.6. The molecule has 0 aliphatic carbocycles. The lowest BCUT2D eigenvalue weighted by Gasteiger charge is -2.15. The number of thiazole rings is 1. The number of rotatable bonds is 4. The molecule has 1 unspecified atom stereocenters.